The van der Waals surface area contributed by atoms with E-state index in [2.05, 4.69) is 0 Å². The van der Waals surface area contributed by atoms with Crippen LogP contribution in [0, 0.1) is 17.3 Å². The molecule has 0 aromatic carbocycles. The number of cyclic esters (lactones) is 5. The van der Waals surface area contributed by atoms with Gasteiger partial charge in [-0.2, -0.15) is 0 Å². The summed E-state index contributed by atoms with van der Waals surface area (Å²) in [5.74, 6) is -12.0. The molecule has 15 heteroatoms. The first-order valence-electron chi connectivity index (χ1n) is 16.3. The minimum Gasteiger partial charge on any atom is -0.461 e. The molecule has 270 valence electrons. The van der Waals surface area contributed by atoms with Gasteiger partial charge in [-0.25, -0.2) is 9.59 Å². The molecular weight excluding hydrogens is 648 g/mol. The van der Waals surface area contributed by atoms with Crippen molar-refractivity contribution in [1.82, 2.24) is 0 Å². The second kappa shape index (κ2) is 16.9. The molecule has 0 radical (unpaired) electrons. The van der Waals surface area contributed by atoms with Crippen LogP contribution in [0.15, 0.2) is 24.3 Å². The Morgan fingerprint density at radius 2 is 0.980 bits per heavy atom. The van der Waals surface area contributed by atoms with E-state index in [1.807, 2.05) is 0 Å². The number of carbonyl (C=O) groups is 8. The number of aliphatic hydroxyl groups is 2. The van der Waals surface area contributed by atoms with Crippen LogP contribution in [-0.4, -0.2) is 100 Å². The van der Waals surface area contributed by atoms with E-state index >= 15 is 0 Å². The highest BCUT2D eigenvalue weighted by molar-refractivity contribution is 6.13. The zero-order valence-corrected chi connectivity index (χ0v) is 28.2. The third-order valence-corrected chi connectivity index (χ3v) is 8.83. The van der Waals surface area contributed by atoms with Gasteiger partial charge in [0.25, 0.3) is 0 Å². The Morgan fingerprint density at radius 1 is 0.571 bits per heavy atom. The molecule has 1 saturated heterocycles. The van der Waals surface area contributed by atoms with Crippen molar-refractivity contribution in [3.8, 4) is 0 Å². The average molecular weight is 693 g/mol. The standard InChI is InChI=1S/C34H44O15/c1-17-6-8-22(35)15-24(31(42)48-20(4)26(37)10-12-29(40)45-17)34(28(39)14-19(3)47-33(34)44)25-16-23(36)9-7-18(2)46-30(41)13-11-27(38)21(5)49-32(25)43/h10-13,17-21,24-27,37-38H,6-9,14-16H2,1-5H3/b12-10+,13-11+/t17-,18-,19-,20-,21-,24-,25-,26+,27+/m0/s1. The summed E-state index contributed by atoms with van der Waals surface area (Å²) in [6.07, 6.45) is -7.40. The van der Waals surface area contributed by atoms with E-state index in [0.717, 1.165) is 24.3 Å². The van der Waals surface area contributed by atoms with Crippen molar-refractivity contribution >= 4 is 47.2 Å². The lowest BCUT2D eigenvalue weighted by Crippen LogP contribution is -2.61. The third-order valence-electron chi connectivity index (χ3n) is 8.83. The maximum atomic E-state index is 14.3. The van der Waals surface area contributed by atoms with Crippen LogP contribution in [0.1, 0.15) is 79.6 Å². The van der Waals surface area contributed by atoms with Crippen molar-refractivity contribution in [2.45, 2.75) is 122 Å². The fourth-order valence-corrected chi connectivity index (χ4v) is 5.96. The van der Waals surface area contributed by atoms with Crippen molar-refractivity contribution in [3.05, 3.63) is 24.3 Å². The molecule has 0 aliphatic carbocycles. The lowest BCUT2D eigenvalue weighted by atomic mass is 9.59. The number of Topliss-reactive ketones (excluding diaryl/α,β-unsaturated/α-hetero) is 3. The molecule has 0 amide bonds. The molecule has 9 atom stereocenters. The van der Waals surface area contributed by atoms with Gasteiger partial charge in [-0.05, 0) is 59.6 Å². The summed E-state index contributed by atoms with van der Waals surface area (Å²) >= 11 is 0. The first-order valence-corrected chi connectivity index (χ1v) is 16.3. The quantitative estimate of drug-likeness (QED) is 0.236. The molecule has 2 N–H and O–H groups in total. The lowest BCUT2D eigenvalue weighted by Gasteiger charge is -2.44. The van der Waals surface area contributed by atoms with Crippen LogP contribution in [0.5, 0.6) is 0 Å². The highest BCUT2D eigenvalue weighted by Gasteiger charge is 2.66. The average Bonchev–Trinajstić information content (AvgIpc) is 3.01. The summed E-state index contributed by atoms with van der Waals surface area (Å²) in [5.41, 5.74) is -2.81. The second-order valence-corrected chi connectivity index (χ2v) is 12.9. The molecule has 49 heavy (non-hydrogen) atoms. The van der Waals surface area contributed by atoms with Crippen LogP contribution in [0.25, 0.3) is 0 Å². The van der Waals surface area contributed by atoms with E-state index in [4.69, 9.17) is 23.7 Å². The molecular formula is C34H44O15. The monoisotopic (exact) mass is 692 g/mol. The highest BCUT2D eigenvalue weighted by Crippen LogP contribution is 2.48. The highest BCUT2D eigenvalue weighted by atomic mass is 16.6. The molecule has 0 aromatic heterocycles. The minimum atomic E-state index is -2.81. The SMILES string of the molecule is C[C@@H]1OC(=O)[C@@H](C2([C@H]3CC(=O)CC[C@H](C)OC(=O)/C=C/[C@@H](O)[C@H](C)OC3=O)C(=O)C[C@H](C)OC2=O)CC(=O)CC[C@H](C)OC(=O)/C=C/[C@H]1O. The number of aliphatic hydroxyl groups excluding tert-OH is 2. The van der Waals surface area contributed by atoms with Gasteiger partial charge in [0, 0.05) is 44.3 Å². The second-order valence-electron chi connectivity index (χ2n) is 12.9. The van der Waals surface area contributed by atoms with Crippen molar-refractivity contribution in [3.63, 3.8) is 0 Å². The number of ketones is 3. The predicted octanol–water partition coefficient (Wildman–Crippen LogP) is 1.18. The normalized spacial score (nSPS) is 36.1. The van der Waals surface area contributed by atoms with E-state index in [-0.39, 0.29) is 25.7 Å². The van der Waals surface area contributed by atoms with Gasteiger partial charge in [-0.15, -0.1) is 0 Å². The van der Waals surface area contributed by atoms with Crippen LogP contribution in [0.4, 0.5) is 0 Å². The van der Waals surface area contributed by atoms with Crippen LogP contribution >= 0.6 is 0 Å². The Morgan fingerprint density at radius 3 is 1.37 bits per heavy atom. The first-order chi connectivity index (χ1) is 22.9. The lowest BCUT2D eigenvalue weighted by molar-refractivity contribution is -0.198. The number of esters is 5. The zero-order chi connectivity index (χ0) is 36.6. The topological polar surface area (TPSA) is 223 Å². The summed E-state index contributed by atoms with van der Waals surface area (Å²) in [4.78, 5) is 108. The molecule has 3 heterocycles. The Bertz CT molecular complexity index is 1280. The minimum absolute atomic E-state index is 0.0167. The van der Waals surface area contributed by atoms with E-state index in [1.165, 1.54) is 34.6 Å². The van der Waals surface area contributed by atoms with Crippen LogP contribution < -0.4 is 0 Å². The van der Waals surface area contributed by atoms with Crippen molar-refractivity contribution in [2.24, 2.45) is 17.3 Å². The summed E-state index contributed by atoms with van der Waals surface area (Å²) in [7, 11) is 0. The Balaban J connectivity index is 2.22. The molecule has 3 aliphatic heterocycles. The Kier molecular flexibility index (Phi) is 13.5. The third kappa shape index (κ3) is 9.91. The predicted molar refractivity (Wildman–Crippen MR) is 165 cm³/mol. The van der Waals surface area contributed by atoms with Crippen molar-refractivity contribution in [1.29, 1.82) is 0 Å². The maximum absolute atomic E-state index is 14.3. The molecule has 3 aliphatic rings. The molecule has 1 fully saturated rings. The zero-order valence-electron chi connectivity index (χ0n) is 28.2. The molecule has 0 bridgehead atoms. The number of rotatable bonds is 2. The molecule has 15 nitrogen and oxygen atoms in total. The van der Waals surface area contributed by atoms with Crippen LogP contribution in [-0.2, 0) is 62.0 Å². The van der Waals surface area contributed by atoms with E-state index in [9.17, 15) is 48.6 Å². The van der Waals surface area contributed by atoms with Gasteiger partial charge in [-0.3, -0.25) is 28.8 Å². The molecule has 0 spiro atoms. The Labute approximate surface area is 283 Å². The Hall–Kier alpha value is -4.24. The van der Waals surface area contributed by atoms with Crippen molar-refractivity contribution in [2.75, 3.05) is 0 Å². The number of hydrogen-bond donors (Lipinski definition) is 2. The van der Waals surface area contributed by atoms with Gasteiger partial charge in [0.2, 0.25) is 0 Å². The largest absolute Gasteiger partial charge is 0.461 e. The van der Waals surface area contributed by atoms with Gasteiger partial charge in [-0.1, -0.05) is 0 Å². The van der Waals surface area contributed by atoms with Gasteiger partial charge in [0.1, 0.15) is 42.1 Å². The summed E-state index contributed by atoms with van der Waals surface area (Å²) < 4.78 is 26.9. The van der Waals surface area contributed by atoms with Crippen molar-refractivity contribution < 1.29 is 72.3 Å². The molecule has 0 aromatic rings. The molecule has 0 saturated carbocycles. The number of carbonyl (C=O) groups excluding carboxylic acids is 8. The van der Waals surface area contributed by atoms with E-state index in [1.54, 1.807) is 0 Å². The van der Waals surface area contributed by atoms with E-state index < -0.39 is 126 Å². The first kappa shape index (κ1) is 39.2. The number of ether oxygens (including phenoxy) is 5. The van der Waals surface area contributed by atoms with E-state index in [0.29, 0.717) is 0 Å². The fraction of sp³-hybridized carbons (Fsp3) is 0.647. The van der Waals surface area contributed by atoms with Gasteiger partial charge in [0.05, 0.1) is 24.0 Å². The smallest absolute Gasteiger partial charge is 0.330 e. The maximum Gasteiger partial charge on any atom is 0.330 e. The summed E-state index contributed by atoms with van der Waals surface area (Å²) in [5, 5.41) is 21.2. The molecule has 3 rings (SSSR count). The van der Waals surface area contributed by atoms with Crippen LogP contribution in [0.3, 0.4) is 0 Å². The summed E-state index contributed by atoms with van der Waals surface area (Å²) in [6.45, 7) is 6.96. The molecule has 0 unspecified atom stereocenters. The van der Waals surface area contributed by atoms with Gasteiger partial charge < -0.3 is 33.9 Å². The summed E-state index contributed by atoms with van der Waals surface area (Å²) in [6, 6.07) is 0. The van der Waals surface area contributed by atoms with Gasteiger partial charge in [0.15, 0.2) is 11.2 Å². The van der Waals surface area contributed by atoms with Crippen LogP contribution in [0.2, 0.25) is 0 Å². The van der Waals surface area contributed by atoms with Gasteiger partial charge >= 0.3 is 29.8 Å². The fourth-order valence-electron chi connectivity index (χ4n) is 5.96. The number of hydrogen-bond acceptors (Lipinski definition) is 15.